The second kappa shape index (κ2) is 15.1. The molecule has 0 aromatic heterocycles. The molecule has 1 aliphatic carbocycles. The molecule has 0 atom stereocenters. The molecule has 4 heteroatoms. The van der Waals surface area contributed by atoms with Gasteiger partial charge in [0.05, 0.1) is 5.71 Å². The largest absolute Gasteiger partial charge is 0.378 e. The van der Waals surface area contributed by atoms with E-state index in [0.29, 0.717) is 5.71 Å². The molecule has 0 spiro atoms. The van der Waals surface area contributed by atoms with Crippen molar-refractivity contribution in [2.45, 2.75) is 27.7 Å². The van der Waals surface area contributed by atoms with Crippen LogP contribution in [0.3, 0.4) is 0 Å². The molecule has 0 heterocycles. The number of hydrogen-bond donors (Lipinski definition) is 1. The quantitative estimate of drug-likeness (QED) is 0.221. The number of nitrogens with zero attached hydrogens (tertiary/aromatic N) is 3. The molecule has 0 saturated carbocycles. The molecule has 3 aromatic rings. The molecule has 0 aliphatic heterocycles. The fraction of sp³-hybridized carbons (Fsp3) is 0.256. The van der Waals surface area contributed by atoms with Crippen molar-refractivity contribution in [3.05, 3.63) is 138 Å². The molecule has 222 valence electrons. The normalized spacial score (nSPS) is 13.1. The highest BCUT2D eigenvalue weighted by Gasteiger charge is 2.10. The summed E-state index contributed by atoms with van der Waals surface area (Å²) in [6.07, 6.45) is 14.4. The van der Waals surface area contributed by atoms with Gasteiger partial charge < -0.3 is 20.1 Å². The predicted molar refractivity (Wildman–Crippen MR) is 190 cm³/mol. The Labute approximate surface area is 259 Å². The van der Waals surface area contributed by atoms with E-state index in [1.807, 2.05) is 24.3 Å². The highest BCUT2D eigenvalue weighted by molar-refractivity contribution is 6.04. The lowest BCUT2D eigenvalue weighted by Crippen LogP contribution is -2.21. The van der Waals surface area contributed by atoms with Crippen LogP contribution >= 0.6 is 0 Å². The van der Waals surface area contributed by atoms with Gasteiger partial charge in [0, 0.05) is 57.3 Å². The van der Waals surface area contributed by atoms with Gasteiger partial charge in [0.25, 0.3) is 0 Å². The van der Waals surface area contributed by atoms with Crippen molar-refractivity contribution in [1.82, 2.24) is 0 Å². The third-order valence-electron chi connectivity index (χ3n) is 8.03. The molecule has 0 unspecified atom stereocenters. The molecule has 3 aromatic carbocycles. The van der Waals surface area contributed by atoms with E-state index in [2.05, 4.69) is 148 Å². The van der Waals surface area contributed by atoms with Gasteiger partial charge in [-0.2, -0.15) is 0 Å². The van der Waals surface area contributed by atoms with E-state index in [1.54, 1.807) is 0 Å². The van der Waals surface area contributed by atoms with Crippen molar-refractivity contribution in [1.29, 1.82) is 5.41 Å². The van der Waals surface area contributed by atoms with Gasteiger partial charge in [-0.1, -0.05) is 66.8 Å². The standard InChI is InChI=1S/C39H46N4/c1-7-42(8-2)36-26-18-32(19-27-36)38(30-14-22-34(40)23-15-30)12-11-13-39(31-16-24-35(25-17-31)41(5)6)33-20-28-37(29-21-33)43(9-3)10-4/h11-29,40H,7-10H2,1-6H3. The van der Waals surface area contributed by atoms with Crippen LogP contribution in [0, 0.1) is 5.41 Å². The number of allylic oxidation sites excluding steroid dienone is 9. The first-order valence-corrected chi connectivity index (χ1v) is 15.4. The maximum atomic E-state index is 8.00. The van der Waals surface area contributed by atoms with Crippen molar-refractivity contribution < 1.29 is 0 Å². The molecular weight excluding hydrogens is 524 g/mol. The van der Waals surface area contributed by atoms with E-state index in [-0.39, 0.29) is 0 Å². The summed E-state index contributed by atoms with van der Waals surface area (Å²) < 4.78 is 0. The first-order chi connectivity index (χ1) is 20.9. The minimum atomic E-state index is 0.514. The number of rotatable bonds is 12. The summed E-state index contributed by atoms with van der Waals surface area (Å²) in [6, 6.07) is 26.5. The van der Waals surface area contributed by atoms with Crippen LogP contribution in [0.2, 0.25) is 0 Å². The highest BCUT2D eigenvalue weighted by atomic mass is 15.1. The molecule has 4 nitrogen and oxygen atoms in total. The van der Waals surface area contributed by atoms with Crippen LogP contribution in [-0.4, -0.2) is 46.0 Å². The minimum absolute atomic E-state index is 0.514. The SMILES string of the molecule is CCN(CC)c1ccc(C(=CC=CC(=C2C=CC(=N)C=C2)c2ccc(N(CC)CC)cc2)c2ccc(N(C)C)cc2)cc1. The Balaban J connectivity index is 1.77. The van der Waals surface area contributed by atoms with Crippen molar-refractivity contribution >= 4 is 33.9 Å². The van der Waals surface area contributed by atoms with E-state index >= 15 is 0 Å². The van der Waals surface area contributed by atoms with E-state index in [0.717, 1.165) is 42.9 Å². The molecule has 4 rings (SSSR count). The summed E-state index contributed by atoms with van der Waals surface area (Å²) >= 11 is 0. The third kappa shape index (κ3) is 7.84. The van der Waals surface area contributed by atoms with Crippen molar-refractivity contribution in [3.63, 3.8) is 0 Å². The number of nitrogens with one attached hydrogen (secondary N) is 1. The number of benzene rings is 3. The molecule has 1 aliphatic rings. The van der Waals surface area contributed by atoms with E-state index in [1.165, 1.54) is 33.8 Å². The van der Waals surface area contributed by atoms with Gasteiger partial charge in [-0.25, -0.2) is 0 Å². The molecule has 1 N–H and O–H groups in total. The zero-order chi connectivity index (χ0) is 30.8. The molecule has 43 heavy (non-hydrogen) atoms. The van der Waals surface area contributed by atoms with Crippen LogP contribution in [0.1, 0.15) is 44.4 Å². The van der Waals surface area contributed by atoms with Gasteiger partial charge in [-0.15, -0.1) is 0 Å². The average Bonchev–Trinajstić information content (AvgIpc) is 3.04. The summed E-state index contributed by atoms with van der Waals surface area (Å²) in [5.41, 5.74) is 11.1. The maximum Gasteiger partial charge on any atom is 0.0540 e. The van der Waals surface area contributed by atoms with Gasteiger partial charge in [0.2, 0.25) is 0 Å². The van der Waals surface area contributed by atoms with Crippen molar-refractivity contribution in [2.24, 2.45) is 0 Å². The van der Waals surface area contributed by atoms with Crippen molar-refractivity contribution in [2.75, 3.05) is 55.0 Å². The summed E-state index contributed by atoms with van der Waals surface area (Å²) in [5, 5.41) is 8.00. The van der Waals surface area contributed by atoms with Crippen LogP contribution in [0.4, 0.5) is 17.1 Å². The average molecular weight is 571 g/mol. The summed E-state index contributed by atoms with van der Waals surface area (Å²) in [6.45, 7) is 12.7. The van der Waals surface area contributed by atoms with Crippen LogP contribution in [0.25, 0.3) is 11.1 Å². The Bertz CT molecular complexity index is 1490. The van der Waals surface area contributed by atoms with Gasteiger partial charge in [-0.3, -0.25) is 0 Å². The second-order valence-electron chi connectivity index (χ2n) is 10.8. The molecule has 0 fully saturated rings. The van der Waals surface area contributed by atoms with E-state index < -0.39 is 0 Å². The first kappa shape index (κ1) is 31.4. The third-order valence-corrected chi connectivity index (χ3v) is 8.03. The lowest BCUT2D eigenvalue weighted by atomic mass is 9.94. The predicted octanol–water partition coefficient (Wildman–Crippen LogP) is 9.03. The minimum Gasteiger partial charge on any atom is -0.378 e. The van der Waals surface area contributed by atoms with Gasteiger partial charge in [-0.05, 0) is 110 Å². The molecule has 0 radical (unpaired) electrons. The molecule has 0 amide bonds. The Morgan fingerprint density at radius 2 is 1.00 bits per heavy atom. The van der Waals surface area contributed by atoms with E-state index in [4.69, 9.17) is 5.41 Å². The monoisotopic (exact) mass is 570 g/mol. The van der Waals surface area contributed by atoms with Crippen molar-refractivity contribution in [3.8, 4) is 0 Å². The fourth-order valence-electron chi connectivity index (χ4n) is 5.43. The van der Waals surface area contributed by atoms with Crippen LogP contribution < -0.4 is 14.7 Å². The molecular formula is C39H46N4. The van der Waals surface area contributed by atoms with Crippen LogP contribution in [0.15, 0.2) is 121 Å². The van der Waals surface area contributed by atoms with Crippen LogP contribution in [-0.2, 0) is 0 Å². The Morgan fingerprint density at radius 1 is 0.581 bits per heavy atom. The maximum absolute atomic E-state index is 8.00. The Hall–Kier alpha value is -4.57. The summed E-state index contributed by atoms with van der Waals surface area (Å²) in [5.74, 6) is 0. The lowest BCUT2D eigenvalue weighted by Gasteiger charge is -2.21. The highest BCUT2D eigenvalue weighted by Crippen LogP contribution is 2.30. The number of anilines is 3. The second-order valence-corrected chi connectivity index (χ2v) is 10.8. The molecule has 0 saturated heterocycles. The topological polar surface area (TPSA) is 33.6 Å². The fourth-order valence-corrected chi connectivity index (χ4v) is 5.43. The Morgan fingerprint density at radius 3 is 1.42 bits per heavy atom. The number of hydrogen-bond acceptors (Lipinski definition) is 4. The summed E-state index contributed by atoms with van der Waals surface area (Å²) in [4.78, 5) is 6.85. The van der Waals surface area contributed by atoms with Gasteiger partial charge in [0.1, 0.15) is 0 Å². The lowest BCUT2D eigenvalue weighted by molar-refractivity contribution is 0.866. The smallest absolute Gasteiger partial charge is 0.0540 e. The van der Waals surface area contributed by atoms with Gasteiger partial charge >= 0.3 is 0 Å². The van der Waals surface area contributed by atoms with Crippen LogP contribution in [0.5, 0.6) is 0 Å². The summed E-state index contributed by atoms with van der Waals surface area (Å²) in [7, 11) is 4.14. The zero-order valence-electron chi connectivity index (χ0n) is 26.6. The zero-order valence-corrected chi connectivity index (χ0v) is 26.6. The first-order valence-electron chi connectivity index (χ1n) is 15.4. The Kier molecular flexibility index (Phi) is 11.0. The van der Waals surface area contributed by atoms with E-state index in [9.17, 15) is 0 Å². The molecule has 0 bridgehead atoms. The van der Waals surface area contributed by atoms with Gasteiger partial charge in [0.15, 0.2) is 0 Å².